The summed E-state index contributed by atoms with van der Waals surface area (Å²) in [6, 6.07) is 2.92. The number of ether oxygens (including phenoxy) is 1. The quantitative estimate of drug-likeness (QED) is 0.571. The van der Waals surface area contributed by atoms with Gasteiger partial charge in [-0.2, -0.15) is 0 Å². The zero-order chi connectivity index (χ0) is 12.5. The lowest BCUT2D eigenvalue weighted by molar-refractivity contribution is 0.0877. The van der Waals surface area contributed by atoms with Gasteiger partial charge in [0.05, 0.1) is 11.2 Å². The lowest BCUT2D eigenvalue weighted by Crippen LogP contribution is -2.25. The Morgan fingerprint density at radius 1 is 1.29 bits per heavy atom. The van der Waals surface area contributed by atoms with Crippen molar-refractivity contribution in [1.82, 2.24) is 0 Å². The first-order valence-corrected chi connectivity index (χ1v) is 6.20. The van der Waals surface area contributed by atoms with Crippen molar-refractivity contribution in [2.45, 2.75) is 23.8 Å². The molecular weight excluding hydrogens is 240 g/mol. The third-order valence-electron chi connectivity index (χ3n) is 2.62. The number of phenolic OH excluding ortho intramolecular Hbond substituents is 3. The molecule has 1 aromatic carbocycles. The Labute approximate surface area is 104 Å². The highest BCUT2D eigenvalue weighted by Gasteiger charge is 2.28. The molecule has 2 rings (SSSR count). The van der Waals surface area contributed by atoms with Gasteiger partial charge in [0.2, 0.25) is 5.75 Å². The van der Waals surface area contributed by atoms with Gasteiger partial charge in [-0.3, -0.25) is 0 Å². The van der Waals surface area contributed by atoms with Crippen LogP contribution in [0.15, 0.2) is 29.4 Å². The van der Waals surface area contributed by atoms with E-state index in [1.165, 1.54) is 17.8 Å². The van der Waals surface area contributed by atoms with Gasteiger partial charge in [-0.1, -0.05) is 0 Å². The summed E-state index contributed by atoms with van der Waals surface area (Å²) in [4.78, 5) is 0.525. The summed E-state index contributed by atoms with van der Waals surface area (Å²) in [5.41, 5.74) is -0.273. The van der Waals surface area contributed by atoms with Gasteiger partial charge in [0.15, 0.2) is 11.5 Å². The van der Waals surface area contributed by atoms with E-state index in [2.05, 4.69) is 0 Å². The monoisotopic (exact) mass is 254 g/mol. The maximum Gasteiger partial charge on any atom is 0.201 e. The Morgan fingerprint density at radius 3 is 2.71 bits per heavy atom. The first kappa shape index (κ1) is 12.0. The summed E-state index contributed by atoms with van der Waals surface area (Å²) in [7, 11) is 0. The molecule has 0 bridgehead atoms. The fraction of sp³-hybridized carbons (Fsp3) is 0.333. The van der Waals surface area contributed by atoms with Gasteiger partial charge < -0.3 is 20.1 Å². The van der Waals surface area contributed by atoms with E-state index in [-0.39, 0.29) is 17.1 Å². The van der Waals surface area contributed by atoms with Crippen LogP contribution in [0.25, 0.3) is 0 Å². The lowest BCUT2D eigenvalue weighted by Gasteiger charge is -2.23. The highest BCUT2D eigenvalue weighted by atomic mass is 32.2. The van der Waals surface area contributed by atoms with E-state index in [1.54, 1.807) is 12.3 Å². The predicted octanol–water partition coefficient (Wildman–Crippen LogP) is 2.59. The molecule has 1 heterocycles. The molecule has 1 aliphatic heterocycles. The highest BCUT2D eigenvalue weighted by molar-refractivity contribution is 7.99. The number of thioether (sulfide) groups is 1. The fourth-order valence-corrected chi connectivity index (χ4v) is 2.59. The van der Waals surface area contributed by atoms with Crippen LogP contribution in [0.4, 0.5) is 0 Å². The number of hydrogen-bond acceptors (Lipinski definition) is 5. The smallest absolute Gasteiger partial charge is 0.201 e. The predicted molar refractivity (Wildman–Crippen MR) is 65.4 cm³/mol. The Balaban J connectivity index is 2.07. The van der Waals surface area contributed by atoms with Crippen molar-refractivity contribution < 1.29 is 20.1 Å². The topological polar surface area (TPSA) is 69.9 Å². The fourth-order valence-electron chi connectivity index (χ4n) is 1.55. The van der Waals surface area contributed by atoms with E-state index in [4.69, 9.17) is 4.74 Å². The van der Waals surface area contributed by atoms with Crippen LogP contribution in [0.3, 0.4) is 0 Å². The average Bonchev–Trinajstić information content (AvgIpc) is 2.73. The first-order chi connectivity index (χ1) is 8.02. The van der Waals surface area contributed by atoms with E-state index in [1.807, 2.05) is 13.0 Å². The Kier molecular flexibility index (Phi) is 3.11. The molecule has 0 fully saturated rings. The molecule has 3 N–H and O–H groups in total. The first-order valence-electron chi connectivity index (χ1n) is 5.21. The summed E-state index contributed by atoms with van der Waals surface area (Å²) in [5, 5.41) is 28.2. The third-order valence-corrected chi connectivity index (χ3v) is 4.02. The van der Waals surface area contributed by atoms with E-state index in [0.29, 0.717) is 10.6 Å². The van der Waals surface area contributed by atoms with Crippen LogP contribution in [0.1, 0.15) is 13.3 Å². The molecule has 5 heteroatoms. The molecule has 0 aromatic heterocycles. The summed E-state index contributed by atoms with van der Waals surface area (Å²) in [5.74, 6) is -0.440. The Bertz CT molecular complexity index is 448. The second-order valence-electron chi connectivity index (χ2n) is 4.21. The van der Waals surface area contributed by atoms with Gasteiger partial charge >= 0.3 is 0 Å². The molecule has 17 heavy (non-hydrogen) atoms. The zero-order valence-corrected chi connectivity index (χ0v) is 10.2. The summed E-state index contributed by atoms with van der Waals surface area (Å²) < 4.78 is 5.46. The minimum absolute atomic E-state index is 0.273. The van der Waals surface area contributed by atoms with Crippen molar-refractivity contribution in [2.75, 3.05) is 5.75 Å². The SMILES string of the molecule is CC1(CSc2ccc(O)c(O)c2O)CC=CO1. The van der Waals surface area contributed by atoms with Gasteiger partial charge in [-0.25, -0.2) is 0 Å². The normalized spacial score (nSPS) is 22.6. The molecule has 0 saturated carbocycles. The van der Waals surface area contributed by atoms with Crippen molar-refractivity contribution >= 4 is 11.8 Å². The molecule has 92 valence electrons. The van der Waals surface area contributed by atoms with E-state index in [9.17, 15) is 15.3 Å². The van der Waals surface area contributed by atoms with Gasteiger partial charge in [0.1, 0.15) is 5.60 Å². The molecule has 1 unspecified atom stereocenters. The van der Waals surface area contributed by atoms with E-state index >= 15 is 0 Å². The maximum absolute atomic E-state index is 9.65. The second kappa shape index (κ2) is 4.41. The van der Waals surface area contributed by atoms with Crippen molar-refractivity contribution in [1.29, 1.82) is 0 Å². The third kappa shape index (κ3) is 2.44. The van der Waals surface area contributed by atoms with Gasteiger partial charge in [-0.15, -0.1) is 11.8 Å². The molecule has 1 atom stereocenters. The lowest BCUT2D eigenvalue weighted by atomic mass is 10.1. The van der Waals surface area contributed by atoms with Gasteiger partial charge in [0, 0.05) is 12.2 Å². The number of hydrogen-bond donors (Lipinski definition) is 3. The van der Waals surface area contributed by atoms with E-state index in [0.717, 1.165) is 6.42 Å². The van der Waals surface area contributed by atoms with Crippen LogP contribution in [0.5, 0.6) is 17.2 Å². The number of rotatable bonds is 3. The summed E-state index contributed by atoms with van der Waals surface area (Å²) >= 11 is 1.38. The molecule has 1 aliphatic rings. The van der Waals surface area contributed by atoms with Crippen LogP contribution in [0, 0.1) is 0 Å². The van der Waals surface area contributed by atoms with Crippen molar-refractivity contribution in [3.8, 4) is 17.2 Å². The van der Waals surface area contributed by atoms with Crippen LogP contribution in [-0.2, 0) is 4.74 Å². The molecule has 0 aliphatic carbocycles. The molecule has 1 aromatic rings. The van der Waals surface area contributed by atoms with Crippen molar-refractivity contribution in [2.24, 2.45) is 0 Å². The molecular formula is C12H14O4S. The van der Waals surface area contributed by atoms with Crippen LogP contribution in [0.2, 0.25) is 0 Å². The van der Waals surface area contributed by atoms with Crippen LogP contribution < -0.4 is 0 Å². The minimum atomic E-state index is -0.481. The average molecular weight is 254 g/mol. The number of benzene rings is 1. The molecule has 4 nitrogen and oxygen atoms in total. The second-order valence-corrected chi connectivity index (χ2v) is 5.23. The highest BCUT2D eigenvalue weighted by Crippen LogP contribution is 2.43. The summed E-state index contributed by atoms with van der Waals surface area (Å²) in [6.45, 7) is 1.98. The summed E-state index contributed by atoms with van der Waals surface area (Å²) in [6.07, 6.45) is 4.45. The number of phenols is 3. The van der Waals surface area contributed by atoms with Crippen molar-refractivity contribution in [3.05, 3.63) is 24.5 Å². The minimum Gasteiger partial charge on any atom is -0.504 e. The standard InChI is InChI=1S/C12H14O4S/c1-12(5-2-6-16-12)7-17-9-4-3-8(13)10(14)11(9)15/h2-4,6,13-15H,5,7H2,1H3. The van der Waals surface area contributed by atoms with Crippen LogP contribution >= 0.6 is 11.8 Å². The van der Waals surface area contributed by atoms with E-state index < -0.39 is 5.75 Å². The maximum atomic E-state index is 9.65. The van der Waals surface area contributed by atoms with Gasteiger partial charge in [0.25, 0.3) is 0 Å². The Hall–Kier alpha value is -1.49. The molecule has 0 spiro atoms. The van der Waals surface area contributed by atoms with Gasteiger partial charge in [-0.05, 0) is 25.1 Å². The number of aromatic hydroxyl groups is 3. The largest absolute Gasteiger partial charge is 0.504 e. The molecule has 0 saturated heterocycles. The van der Waals surface area contributed by atoms with Crippen LogP contribution in [-0.4, -0.2) is 26.7 Å². The van der Waals surface area contributed by atoms with Crippen molar-refractivity contribution in [3.63, 3.8) is 0 Å². The molecule has 0 radical (unpaired) electrons. The molecule has 0 amide bonds. The zero-order valence-electron chi connectivity index (χ0n) is 9.38. The Morgan fingerprint density at radius 2 is 2.06 bits per heavy atom.